The average Bonchev–Trinajstić information content (AvgIpc) is 2.87. The molecular weight excluding hydrogens is 248 g/mol. The number of aromatic nitrogens is 2. The van der Waals surface area contributed by atoms with Crippen LogP contribution in [0.4, 0.5) is 5.13 Å². The Bertz CT molecular complexity index is 352. The highest BCUT2D eigenvalue weighted by Gasteiger charge is 2.21. The van der Waals surface area contributed by atoms with Gasteiger partial charge < -0.3 is 10.4 Å². The summed E-state index contributed by atoms with van der Waals surface area (Å²) in [5.74, 6) is 0. The molecule has 102 valence electrons. The van der Waals surface area contributed by atoms with Crippen molar-refractivity contribution in [2.75, 3.05) is 25.5 Å². The molecule has 18 heavy (non-hydrogen) atoms. The van der Waals surface area contributed by atoms with Gasteiger partial charge in [-0.05, 0) is 12.8 Å². The number of aliphatic hydroxyl groups is 1. The van der Waals surface area contributed by atoms with Crippen molar-refractivity contribution in [3.63, 3.8) is 0 Å². The molecule has 1 fully saturated rings. The molecule has 1 saturated carbocycles. The molecule has 1 aromatic rings. The average molecular weight is 270 g/mol. The number of aliphatic hydroxyl groups excluding tert-OH is 1. The first-order valence-corrected chi connectivity index (χ1v) is 7.50. The highest BCUT2D eigenvalue weighted by Crippen LogP contribution is 2.25. The molecule has 0 aromatic carbocycles. The van der Waals surface area contributed by atoms with Crippen LogP contribution in [-0.4, -0.2) is 46.4 Å². The van der Waals surface area contributed by atoms with Gasteiger partial charge in [-0.3, -0.25) is 4.90 Å². The van der Waals surface area contributed by atoms with E-state index in [0.717, 1.165) is 23.2 Å². The van der Waals surface area contributed by atoms with E-state index in [1.807, 2.05) is 7.05 Å². The van der Waals surface area contributed by atoms with Crippen molar-refractivity contribution >= 4 is 16.5 Å². The largest absolute Gasteiger partial charge is 0.395 e. The van der Waals surface area contributed by atoms with Crippen molar-refractivity contribution in [1.82, 2.24) is 15.1 Å². The second kappa shape index (κ2) is 7.01. The molecule has 0 saturated heterocycles. The highest BCUT2D eigenvalue weighted by atomic mass is 32.1. The van der Waals surface area contributed by atoms with Gasteiger partial charge in [-0.1, -0.05) is 30.6 Å². The monoisotopic (exact) mass is 270 g/mol. The maximum absolute atomic E-state index is 9.21. The van der Waals surface area contributed by atoms with Gasteiger partial charge in [0.1, 0.15) is 5.01 Å². The zero-order chi connectivity index (χ0) is 12.8. The predicted octanol–water partition coefficient (Wildman–Crippen LogP) is 1.71. The first-order valence-electron chi connectivity index (χ1n) is 6.68. The maximum Gasteiger partial charge on any atom is 0.205 e. The Labute approximate surface area is 112 Å². The minimum absolute atomic E-state index is 0.216. The summed E-state index contributed by atoms with van der Waals surface area (Å²) in [5.41, 5.74) is 0. The third kappa shape index (κ3) is 3.63. The summed E-state index contributed by atoms with van der Waals surface area (Å²) in [6.45, 7) is 1.76. The third-order valence-electron chi connectivity index (χ3n) is 3.50. The fourth-order valence-corrected chi connectivity index (χ4v) is 3.28. The quantitative estimate of drug-likeness (QED) is 0.824. The van der Waals surface area contributed by atoms with Crippen molar-refractivity contribution in [2.24, 2.45) is 0 Å². The minimum atomic E-state index is 0.216. The zero-order valence-corrected chi connectivity index (χ0v) is 11.7. The van der Waals surface area contributed by atoms with E-state index in [2.05, 4.69) is 20.4 Å². The van der Waals surface area contributed by atoms with Crippen LogP contribution in [0.2, 0.25) is 0 Å². The lowest BCUT2D eigenvalue weighted by Gasteiger charge is -2.33. The molecule has 1 heterocycles. The molecule has 0 atom stereocenters. The van der Waals surface area contributed by atoms with Crippen LogP contribution in [0.15, 0.2) is 0 Å². The van der Waals surface area contributed by atoms with Gasteiger partial charge in [0.05, 0.1) is 13.2 Å². The zero-order valence-electron chi connectivity index (χ0n) is 10.9. The van der Waals surface area contributed by atoms with Crippen LogP contribution < -0.4 is 5.32 Å². The first kappa shape index (κ1) is 13.7. The number of hydrogen-bond acceptors (Lipinski definition) is 6. The molecule has 1 aliphatic carbocycles. The van der Waals surface area contributed by atoms with E-state index < -0.39 is 0 Å². The lowest BCUT2D eigenvalue weighted by atomic mass is 9.94. The standard InChI is InChI=1S/C12H22N4OS/c1-13-12-15-14-11(18-12)9-16(7-8-17)10-5-3-2-4-6-10/h10,17H,2-9H2,1H3,(H,13,15). The van der Waals surface area contributed by atoms with E-state index in [0.29, 0.717) is 6.04 Å². The predicted molar refractivity (Wildman–Crippen MR) is 73.8 cm³/mol. The summed E-state index contributed by atoms with van der Waals surface area (Å²) in [6.07, 6.45) is 6.47. The molecule has 0 amide bonds. The molecule has 0 spiro atoms. The molecule has 2 rings (SSSR count). The normalized spacial score (nSPS) is 17.3. The minimum Gasteiger partial charge on any atom is -0.395 e. The molecular formula is C12H22N4OS. The van der Waals surface area contributed by atoms with E-state index in [4.69, 9.17) is 0 Å². The summed E-state index contributed by atoms with van der Waals surface area (Å²) < 4.78 is 0. The molecule has 1 aromatic heterocycles. The molecule has 0 bridgehead atoms. The molecule has 5 nitrogen and oxygen atoms in total. The van der Waals surface area contributed by atoms with E-state index in [9.17, 15) is 5.11 Å². The van der Waals surface area contributed by atoms with Crippen molar-refractivity contribution in [3.8, 4) is 0 Å². The van der Waals surface area contributed by atoms with Crippen LogP contribution >= 0.6 is 11.3 Å². The molecule has 1 aliphatic rings. The second-order valence-electron chi connectivity index (χ2n) is 4.74. The maximum atomic E-state index is 9.21. The van der Waals surface area contributed by atoms with Gasteiger partial charge in [0.15, 0.2) is 0 Å². The van der Waals surface area contributed by atoms with Gasteiger partial charge in [0.2, 0.25) is 5.13 Å². The number of nitrogens with zero attached hydrogens (tertiary/aromatic N) is 3. The Morgan fingerprint density at radius 1 is 1.33 bits per heavy atom. The van der Waals surface area contributed by atoms with Crippen LogP contribution in [0.3, 0.4) is 0 Å². The lowest BCUT2D eigenvalue weighted by molar-refractivity contribution is 0.117. The van der Waals surface area contributed by atoms with Crippen molar-refractivity contribution in [1.29, 1.82) is 0 Å². The Kier molecular flexibility index (Phi) is 5.34. The molecule has 6 heteroatoms. The van der Waals surface area contributed by atoms with Crippen molar-refractivity contribution in [3.05, 3.63) is 5.01 Å². The van der Waals surface area contributed by atoms with E-state index >= 15 is 0 Å². The van der Waals surface area contributed by atoms with E-state index in [1.54, 1.807) is 11.3 Å². The van der Waals surface area contributed by atoms with Crippen molar-refractivity contribution in [2.45, 2.75) is 44.7 Å². The van der Waals surface area contributed by atoms with Gasteiger partial charge in [0, 0.05) is 19.6 Å². The summed E-state index contributed by atoms with van der Waals surface area (Å²) >= 11 is 1.59. The Hall–Kier alpha value is -0.720. The highest BCUT2D eigenvalue weighted by molar-refractivity contribution is 7.15. The SMILES string of the molecule is CNc1nnc(CN(CCO)C2CCCCC2)s1. The number of nitrogens with one attached hydrogen (secondary N) is 1. The second-order valence-corrected chi connectivity index (χ2v) is 5.80. The third-order valence-corrected chi connectivity index (χ3v) is 4.42. The topological polar surface area (TPSA) is 61.3 Å². The molecule has 2 N–H and O–H groups in total. The lowest BCUT2D eigenvalue weighted by Crippen LogP contribution is -2.38. The molecule has 0 radical (unpaired) electrons. The van der Waals surface area contributed by atoms with E-state index in [1.165, 1.54) is 32.1 Å². The molecule has 0 unspecified atom stereocenters. The van der Waals surface area contributed by atoms with Gasteiger partial charge in [-0.15, -0.1) is 10.2 Å². The van der Waals surface area contributed by atoms with Gasteiger partial charge in [-0.2, -0.15) is 0 Å². The Morgan fingerprint density at radius 3 is 2.72 bits per heavy atom. The smallest absolute Gasteiger partial charge is 0.205 e. The van der Waals surface area contributed by atoms with Crippen LogP contribution in [-0.2, 0) is 6.54 Å². The van der Waals surface area contributed by atoms with Gasteiger partial charge in [0.25, 0.3) is 0 Å². The van der Waals surface area contributed by atoms with Crippen LogP contribution in [0.1, 0.15) is 37.1 Å². The number of anilines is 1. The number of hydrogen-bond donors (Lipinski definition) is 2. The summed E-state index contributed by atoms with van der Waals surface area (Å²) in [7, 11) is 1.86. The molecule has 0 aliphatic heterocycles. The van der Waals surface area contributed by atoms with Crippen molar-refractivity contribution < 1.29 is 5.11 Å². The van der Waals surface area contributed by atoms with E-state index in [-0.39, 0.29) is 6.61 Å². The first-order chi connectivity index (χ1) is 8.83. The van der Waals surface area contributed by atoms with Crippen LogP contribution in [0.5, 0.6) is 0 Å². The summed E-state index contributed by atoms with van der Waals surface area (Å²) in [6, 6.07) is 0.604. The van der Waals surface area contributed by atoms with Gasteiger partial charge in [-0.25, -0.2) is 0 Å². The summed E-state index contributed by atoms with van der Waals surface area (Å²) in [5, 5.41) is 22.4. The van der Waals surface area contributed by atoms with Gasteiger partial charge >= 0.3 is 0 Å². The summed E-state index contributed by atoms with van der Waals surface area (Å²) in [4.78, 5) is 2.36. The fourth-order valence-electron chi connectivity index (χ4n) is 2.56. The Balaban J connectivity index is 1.95. The number of rotatable bonds is 6. The fraction of sp³-hybridized carbons (Fsp3) is 0.833. The Morgan fingerprint density at radius 2 is 2.11 bits per heavy atom. The van der Waals surface area contributed by atoms with Crippen LogP contribution in [0.25, 0.3) is 0 Å². The van der Waals surface area contributed by atoms with Crippen LogP contribution in [0, 0.1) is 0 Å².